The molecule has 1 heterocycles. The Bertz CT molecular complexity index is 1300. The number of nitrogens with zero attached hydrogens (tertiary/aromatic N) is 2. The Balaban J connectivity index is 1.82. The first kappa shape index (κ1) is 25.9. The Morgan fingerprint density at radius 3 is 2.32 bits per heavy atom. The lowest BCUT2D eigenvalue weighted by Gasteiger charge is -2.15. The number of sulfonamides is 1. The van der Waals surface area contributed by atoms with E-state index in [1.54, 1.807) is 30.8 Å². The lowest BCUT2D eigenvalue weighted by Crippen LogP contribution is -2.20. The Morgan fingerprint density at radius 1 is 1.06 bits per heavy atom. The van der Waals surface area contributed by atoms with E-state index in [4.69, 9.17) is 9.88 Å². The van der Waals surface area contributed by atoms with Gasteiger partial charge in [-0.05, 0) is 59.9 Å². The first-order valence-corrected chi connectivity index (χ1v) is 14.3. The third kappa shape index (κ3) is 7.12. The second-order valence-corrected chi connectivity index (χ2v) is 11.3. The molecule has 0 aliphatic rings. The number of ether oxygens (including phenoxy) is 1. The van der Waals surface area contributed by atoms with Crippen LogP contribution in [0.1, 0.15) is 30.5 Å². The number of nitrogens with two attached hydrogens (primary N) is 1. The van der Waals surface area contributed by atoms with Crippen molar-refractivity contribution in [3.05, 3.63) is 83.7 Å². The molecule has 2 atom stereocenters. The van der Waals surface area contributed by atoms with Gasteiger partial charge in [0.2, 0.25) is 15.7 Å². The van der Waals surface area contributed by atoms with E-state index in [0.29, 0.717) is 30.9 Å². The van der Waals surface area contributed by atoms with Gasteiger partial charge in [-0.3, -0.25) is 4.98 Å². The van der Waals surface area contributed by atoms with Crippen molar-refractivity contribution in [2.75, 3.05) is 12.8 Å². The molecule has 34 heavy (non-hydrogen) atoms. The molecule has 3 rings (SSSR count). The lowest BCUT2D eigenvalue weighted by atomic mass is 10.0. The lowest BCUT2D eigenvalue weighted by molar-refractivity contribution is -0.422. The summed E-state index contributed by atoms with van der Waals surface area (Å²) in [6.45, 7) is 4.93. The number of hydrogen-bond donors (Lipinski definition) is 2. The molecule has 0 spiro atoms. The SMILES string of the molecule is CCc1ccc(/[N+](CC(C)Cc2cc(OCc3ccncc3)ccc2S(N)(=O)=O)=[SH](\C)=O)cc1. The van der Waals surface area contributed by atoms with Gasteiger partial charge >= 0.3 is 0 Å². The fourth-order valence-corrected chi connectivity index (χ4v) is 5.48. The fraction of sp³-hybridized carbons (Fsp3) is 0.320. The Labute approximate surface area is 203 Å². The van der Waals surface area contributed by atoms with Crippen LogP contribution < -0.4 is 9.88 Å². The van der Waals surface area contributed by atoms with Crippen LogP contribution in [0, 0.1) is 5.92 Å². The Kier molecular flexibility index (Phi) is 8.82. The quantitative estimate of drug-likeness (QED) is 0.325. The topological polar surface area (TPSA) is 102 Å². The molecule has 0 bridgehead atoms. The predicted molar refractivity (Wildman–Crippen MR) is 135 cm³/mol. The third-order valence-electron chi connectivity index (χ3n) is 5.53. The van der Waals surface area contributed by atoms with Crippen LogP contribution in [0.4, 0.5) is 5.69 Å². The van der Waals surface area contributed by atoms with Crippen molar-refractivity contribution >= 4 is 26.3 Å². The summed E-state index contributed by atoms with van der Waals surface area (Å²) in [4.78, 5) is 4.07. The van der Waals surface area contributed by atoms with Crippen molar-refractivity contribution in [1.82, 2.24) is 4.98 Å². The highest BCUT2D eigenvalue weighted by Crippen LogP contribution is 2.25. The molecule has 0 fully saturated rings. The molecule has 0 saturated heterocycles. The van der Waals surface area contributed by atoms with Gasteiger partial charge in [-0.15, -0.1) is 0 Å². The Morgan fingerprint density at radius 2 is 1.74 bits per heavy atom. The maximum absolute atomic E-state index is 12.5. The van der Waals surface area contributed by atoms with Gasteiger partial charge in [-0.1, -0.05) is 26.0 Å². The second kappa shape index (κ2) is 11.6. The van der Waals surface area contributed by atoms with Crippen LogP contribution in [0.2, 0.25) is 0 Å². The van der Waals surface area contributed by atoms with E-state index in [-0.39, 0.29) is 10.8 Å². The molecule has 0 saturated carbocycles. The van der Waals surface area contributed by atoms with Gasteiger partial charge in [0, 0.05) is 30.4 Å². The first-order valence-electron chi connectivity index (χ1n) is 11.1. The smallest absolute Gasteiger partial charge is 0.238 e. The molecule has 0 radical (unpaired) electrons. The number of aromatic nitrogens is 1. The number of benzene rings is 2. The number of rotatable bonds is 10. The zero-order valence-corrected chi connectivity index (χ0v) is 21.4. The van der Waals surface area contributed by atoms with E-state index in [0.717, 1.165) is 17.7 Å². The maximum Gasteiger partial charge on any atom is 0.238 e. The number of aryl methyl sites for hydroxylation is 1. The zero-order valence-electron chi connectivity index (χ0n) is 19.7. The van der Waals surface area contributed by atoms with E-state index in [1.807, 2.05) is 47.3 Å². The molecular weight excluding hydrogens is 470 g/mol. The zero-order chi connectivity index (χ0) is 24.7. The van der Waals surface area contributed by atoms with Crippen molar-refractivity contribution < 1.29 is 21.3 Å². The van der Waals surface area contributed by atoms with Crippen molar-refractivity contribution in [2.45, 2.75) is 38.2 Å². The highest BCUT2D eigenvalue weighted by molar-refractivity contribution is 7.89. The molecule has 0 aliphatic carbocycles. The van der Waals surface area contributed by atoms with E-state index < -0.39 is 20.6 Å². The molecular formula is C25H32N3O4S2+. The van der Waals surface area contributed by atoms with Crippen LogP contribution >= 0.6 is 0 Å². The average molecular weight is 503 g/mol. The molecule has 182 valence electrons. The molecule has 7 nitrogen and oxygen atoms in total. The Hall–Kier alpha value is -2.75. The standard InChI is InChI=1S/C25H32N3O4S2/c1-4-20-5-7-23(8-6-20)28(33(3)29)17-19(2)15-22-16-24(9-10-25(22)34(26,30)31)32-18-21-11-13-27-14-12-21/h5-14,16,19,33H,4,15,17-18H2,1-3H3,(H2,26,30,31)/q+1. The minimum Gasteiger partial charge on any atom is -0.489 e. The number of hydrogen-bond acceptors (Lipinski definition) is 5. The van der Waals surface area contributed by atoms with Crippen molar-refractivity contribution in [3.8, 4) is 5.75 Å². The van der Waals surface area contributed by atoms with Crippen LogP contribution in [0.5, 0.6) is 5.75 Å². The minimum absolute atomic E-state index is 0.000648. The van der Waals surface area contributed by atoms with E-state index in [1.165, 1.54) is 11.6 Å². The molecule has 9 heteroatoms. The third-order valence-corrected chi connectivity index (χ3v) is 7.61. The predicted octanol–water partition coefficient (Wildman–Crippen LogP) is 3.69. The first-order chi connectivity index (χ1) is 16.2. The van der Waals surface area contributed by atoms with Crippen LogP contribution in [-0.2, 0) is 40.1 Å². The van der Waals surface area contributed by atoms with Gasteiger partial charge in [0.25, 0.3) is 0 Å². The average Bonchev–Trinajstić information content (AvgIpc) is 2.81. The summed E-state index contributed by atoms with van der Waals surface area (Å²) in [5.74, 6) is 0.556. The van der Waals surface area contributed by atoms with Gasteiger partial charge in [0.1, 0.15) is 23.0 Å². The second-order valence-electron chi connectivity index (χ2n) is 8.33. The molecule has 0 aliphatic heterocycles. The number of thiol groups is 1. The molecule has 0 amide bonds. The van der Waals surface area contributed by atoms with Gasteiger partial charge in [-0.2, -0.15) is 3.95 Å². The van der Waals surface area contributed by atoms with Gasteiger partial charge in [0.15, 0.2) is 6.54 Å². The van der Waals surface area contributed by atoms with Crippen molar-refractivity contribution in [1.29, 1.82) is 0 Å². The van der Waals surface area contributed by atoms with Crippen LogP contribution in [0.25, 0.3) is 0 Å². The molecule has 2 aromatic carbocycles. The van der Waals surface area contributed by atoms with Crippen molar-refractivity contribution in [3.63, 3.8) is 0 Å². The minimum atomic E-state index is -3.90. The van der Waals surface area contributed by atoms with Gasteiger partial charge in [0.05, 0.1) is 11.2 Å². The molecule has 1 aromatic heterocycles. The van der Waals surface area contributed by atoms with Gasteiger partial charge < -0.3 is 4.74 Å². The van der Waals surface area contributed by atoms with E-state index in [9.17, 15) is 12.6 Å². The summed E-state index contributed by atoms with van der Waals surface area (Å²) in [5, 5.41) is 5.48. The molecule has 2 N–H and O–H groups in total. The summed E-state index contributed by atoms with van der Waals surface area (Å²) in [6.07, 6.45) is 6.43. The largest absolute Gasteiger partial charge is 0.489 e. The highest BCUT2D eigenvalue weighted by Gasteiger charge is 2.21. The summed E-state index contributed by atoms with van der Waals surface area (Å²) in [7, 11) is -5.52. The van der Waals surface area contributed by atoms with Crippen LogP contribution in [-0.4, -0.2) is 34.4 Å². The van der Waals surface area contributed by atoms with Crippen LogP contribution in [0.3, 0.4) is 0 Å². The number of primary sulfonamides is 1. The highest BCUT2D eigenvalue weighted by atomic mass is 32.2. The number of pyridine rings is 1. The van der Waals surface area contributed by atoms with E-state index in [2.05, 4.69) is 11.9 Å². The molecule has 3 aromatic rings. The summed E-state index contributed by atoms with van der Waals surface area (Å²) in [6, 6.07) is 16.6. The summed E-state index contributed by atoms with van der Waals surface area (Å²) < 4.78 is 44.7. The fourth-order valence-electron chi connectivity index (χ4n) is 3.75. The molecule has 2 unspecified atom stereocenters. The maximum atomic E-state index is 12.5. The van der Waals surface area contributed by atoms with Crippen molar-refractivity contribution in [2.24, 2.45) is 11.1 Å². The van der Waals surface area contributed by atoms with E-state index >= 15 is 0 Å². The van der Waals surface area contributed by atoms with Gasteiger partial charge in [-0.25, -0.2) is 17.8 Å². The van der Waals surface area contributed by atoms with Crippen LogP contribution in [0.15, 0.2) is 71.9 Å². The normalized spacial score (nSPS) is 13.8. The monoisotopic (exact) mass is 502 g/mol. The summed E-state index contributed by atoms with van der Waals surface area (Å²) in [5.41, 5.74) is 3.63. The summed E-state index contributed by atoms with van der Waals surface area (Å²) >= 11 is 0.